The molecule has 32 heavy (non-hydrogen) atoms. The molecule has 2 aliphatic rings. The third-order valence-electron chi connectivity index (χ3n) is 6.19. The topological polar surface area (TPSA) is 43.9 Å². The molecule has 0 N–H and O–H groups in total. The quantitative estimate of drug-likeness (QED) is 0.719. The van der Waals surface area contributed by atoms with Crippen LogP contribution in [0.2, 0.25) is 0 Å². The van der Waals surface area contributed by atoms with E-state index < -0.39 is 17.8 Å². The summed E-state index contributed by atoms with van der Waals surface area (Å²) in [4.78, 5) is 31.8. The SMILES string of the molecule is O=C(c1ccc(C(F)(F)F)cc1)N1CCN(C(C(=O)N2CCCC2)c2ccccc2)CC1. The van der Waals surface area contributed by atoms with E-state index in [9.17, 15) is 22.8 Å². The molecule has 0 aliphatic carbocycles. The summed E-state index contributed by atoms with van der Waals surface area (Å²) < 4.78 is 38.3. The molecule has 8 heteroatoms. The Morgan fingerprint density at radius 1 is 0.750 bits per heavy atom. The highest BCUT2D eigenvalue weighted by atomic mass is 19.4. The van der Waals surface area contributed by atoms with E-state index in [1.165, 1.54) is 12.1 Å². The molecular weight excluding hydrogens is 419 g/mol. The number of likely N-dealkylation sites (tertiary alicyclic amines) is 1. The number of halogens is 3. The number of hydrogen-bond acceptors (Lipinski definition) is 3. The minimum Gasteiger partial charge on any atom is -0.341 e. The fourth-order valence-electron chi connectivity index (χ4n) is 4.42. The highest BCUT2D eigenvalue weighted by molar-refractivity contribution is 5.94. The van der Waals surface area contributed by atoms with E-state index in [-0.39, 0.29) is 17.4 Å². The fraction of sp³-hybridized carbons (Fsp3) is 0.417. The molecule has 2 aromatic rings. The van der Waals surface area contributed by atoms with E-state index in [1.54, 1.807) is 4.90 Å². The van der Waals surface area contributed by atoms with Crippen molar-refractivity contribution in [3.05, 3.63) is 71.3 Å². The Morgan fingerprint density at radius 2 is 1.34 bits per heavy atom. The van der Waals surface area contributed by atoms with Gasteiger partial charge < -0.3 is 9.80 Å². The zero-order chi connectivity index (χ0) is 22.7. The van der Waals surface area contributed by atoms with E-state index in [0.29, 0.717) is 26.2 Å². The summed E-state index contributed by atoms with van der Waals surface area (Å²) in [6.45, 7) is 3.41. The van der Waals surface area contributed by atoms with E-state index in [4.69, 9.17) is 0 Å². The summed E-state index contributed by atoms with van der Waals surface area (Å²) in [7, 11) is 0. The molecule has 5 nitrogen and oxygen atoms in total. The number of benzene rings is 2. The van der Waals surface area contributed by atoms with Crippen LogP contribution in [0.1, 0.15) is 40.4 Å². The van der Waals surface area contributed by atoms with E-state index in [2.05, 4.69) is 4.90 Å². The van der Waals surface area contributed by atoms with Crippen LogP contribution in [0.3, 0.4) is 0 Å². The Kier molecular flexibility index (Phi) is 6.50. The average molecular weight is 445 g/mol. The van der Waals surface area contributed by atoms with Crippen LogP contribution in [0.4, 0.5) is 13.2 Å². The second-order valence-corrected chi connectivity index (χ2v) is 8.25. The van der Waals surface area contributed by atoms with Gasteiger partial charge in [-0.15, -0.1) is 0 Å². The molecule has 0 saturated carbocycles. The minimum atomic E-state index is -4.43. The van der Waals surface area contributed by atoms with E-state index in [0.717, 1.165) is 43.6 Å². The van der Waals surface area contributed by atoms with Crippen molar-refractivity contribution in [2.75, 3.05) is 39.3 Å². The standard InChI is InChI=1S/C24H26F3N3O2/c25-24(26,27)20-10-8-19(9-11-20)22(31)30-16-14-28(15-17-30)21(18-6-2-1-3-7-18)23(32)29-12-4-5-13-29/h1-3,6-11,21H,4-5,12-17H2. The first-order valence-corrected chi connectivity index (χ1v) is 10.9. The zero-order valence-electron chi connectivity index (χ0n) is 17.7. The lowest BCUT2D eigenvalue weighted by atomic mass is 10.0. The monoisotopic (exact) mass is 445 g/mol. The predicted molar refractivity (Wildman–Crippen MR) is 114 cm³/mol. The molecule has 2 saturated heterocycles. The lowest BCUT2D eigenvalue weighted by Crippen LogP contribution is -2.52. The van der Waals surface area contributed by atoms with Gasteiger partial charge in [-0.05, 0) is 42.7 Å². The van der Waals surface area contributed by atoms with Crippen LogP contribution in [0.15, 0.2) is 54.6 Å². The maximum absolute atomic E-state index is 13.3. The van der Waals surface area contributed by atoms with Crippen molar-refractivity contribution in [1.29, 1.82) is 0 Å². The molecule has 2 fully saturated rings. The first kappa shape index (κ1) is 22.3. The summed E-state index contributed by atoms with van der Waals surface area (Å²) in [6.07, 6.45) is -2.40. The predicted octanol–water partition coefficient (Wildman–Crippen LogP) is 3.83. The number of hydrogen-bond donors (Lipinski definition) is 0. The molecule has 0 bridgehead atoms. The molecule has 2 aromatic carbocycles. The Balaban J connectivity index is 1.44. The maximum Gasteiger partial charge on any atom is 0.416 e. The lowest BCUT2D eigenvalue weighted by Gasteiger charge is -2.40. The summed E-state index contributed by atoms with van der Waals surface area (Å²) in [5.41, 5.74) is 0.399. The van der Waals surface area contributed by atoms with Crippen molar-refractivity contribution >= 4 is 11.8 Å². The lowest BCUT2D eigenvalue weighted by molar-refractivity contribution is -0.138. The first-order chi connectivity index (χ1) is 15.3. The van der Waals surface area contributed by atoms with Crippen LogP contribution in [0.25, 0.3) is 0 Å². The molecule has 0 radical (unpaired) electrons. The van der Waals surface area contributed by atoms with Crippen molar-refractivity contribution < 1.29 is 22.8 Å². The van der Waals surface area contributed by atoms with Crippen LogP contribution in [-0.4, -0.2) is 65.8 Å². The van der Waals surface area contributed by atoms with Gasteiger partial charge in [0.1, 0.15) is 6.04 Å². The summed E-state index contributed by atoms with van der Waals surface area (Å²) in [5, 5.41) is 0. The number of nitrogens with zero attached hydrogens (tertiary/aromatic N) is 3. The molecule has 1 unspecified atom stereocenters. The number of piperazine rings is 1. The average Bonchev–Trinajstić information content (AvgIpc) is 3.35. The number of rotatable bonds is 4. The summed E-state index contributed by atoms with van der Waals surface area (Å²) in [5.74, 6) is -0.197. The van der Waals surface area contributed by atoms with Crippen molar-refractivity contribution in [2.24, 2.45) is 0 Å². The van der Waals surface area contributed by atoms with Crippen LogP contribution in [0, 0.1) is 0 Å². The molecule has 4 rings (SSSR count). The van der Waals surface area contributed by atoms with Crippen molar-refractivity contribution in [3.8, 4) is 0 Å². The minimum absolute atomic E-state index is 0.0937. The molecule has 170 valence electrons. The van der Waals surface area contributed by atoms with Crippen molar-refractivity contribution in [1.82, 2.24) is 14.7 Å². The molecule has 2 amide bonds. The zero-order valence-corrected chi connectivity index (χ0v) is 17.7. The van der Waals surface area contributed by atoms with Gasteiger partial charge in [0.05, 0.1) is 5.56 Å². The second kappa shape index (κ2) is 9.32. The molecule has 1 atom stereocenters. The highest BCUT2D eigenvalue weighted by Crippen LogP contribution is 2.30. The Labute approximate surface area is 185 Å². The summed E-state index contributed by atoms with van der Waals surface area (Å²) in [6, 6.07) is 13.6. The number of amides is 2. The van der Waals surface area contributed by atoms with Gasteiger partial charge in [-0.1, -0.05) is 30.3 Å². The van der Waals surface area contributed by atoms with E-state index >= 15 is 0 Å². The van der Waals surface area contributed by atoms with Crippen LogP contribution < -0.4 is 0 Å². The van der Waals surface area contributed by atoms with Gasteiger partial charge in [0.25, 0.3) is 5.91 Å². The van der Waals surface area contributed by atoms with Gasteiger partial charge in [0.15, 0.2) is 0 Å². The number of alkyl halides is 3. The number of carbonyl (C=O) groups is 2. The van der Waals surface area contributed by atoms with Gasteiger partial charge >= 0.3 is 6.18 Å². The van der Waals surface area contributed by atoms with Crippen molar-refractivity contribution in [2.45, 2.75) is 25.1 Å². The van der Waals surface area contributed by atoms with E-state index in [1.807, 2.05) is 35.2 Å². The maximum atomic E-state index is 13.3. The van der Waals surface area contributed by atoms with Gasteiger partial charge in [-0.25, -0.2) is 0 Å². The smallest absolute Gasteiger partial charge is 0.341 e. The molecule has 2 aliphatic heterocycles. The third kappa shape index (κ3) is 4.80. The Morgan fingerprint density at radius 3 is 1.91 bits per heavy atom. The Hall–Kier alpha value is -2.87. The van der Waals surface area contributed by atoms with Crippen LogP contribution in [-0.2, 0) is 11.0 Å². The third-order valence-corrected chi connectivity index (χ3v) is 6.19. The largest absolute Gasteiger partial charge is 0.416 e. The first-order valence-electron chi connectivity index (χ1n) is 10.9. The van der Waals surface area contributed by atoms with Crippen molar-refractivity contribution in [3.63, 3.8) is 0 Å². The van der Waals surface area contributed by atoms with Crippen LogP contribution in [0.5, 0.6) is 0 Å². The molecule has 0 spiro atoms. The number of carbonyl (C=O) groups excluding carboxylic acids is 2. The molecule has 0 aromatic heterocycles. The van der Waals surface area contributed by atoms with Gasteiger partial charge in [0, 0.05) is 44.8 Å². The molecular formula is C24H26F3N3O2. The fourth-order valence-corrected chi connectivity index (χ4v) is 4.42. The van der Waals surface area contributed by atoms with Crippen LogP contribution >= 0.6 is 0 Å². The van der Waals surface area contributed by atoms with Gasteiger partial charge in [0.2, 0.25) is 5.91 Å². The normalized spacial score (nSPS) is 18.6. The summed E-state index contributed by atoms with van der Waals surface area (Å²) >= 11 is 0. The second-order valence-electron chi connectivity index (χ2n) is 8.25. The van der Waals surface area contributed by atoms with Gasteiger partial charge in [-0.3, -0.25) is 14.5 Å². The molecule has 2 heterocycles. The Bertz CT molecular complexity index is 933. The highest BCUT2D eigenvalue weighted by Gasteiger charge is 2.35. The van der Waals surface area contributed by atoms with Gasteiger partial charge in [-0.2, -0.15) is 13.2 Å².